The summed E-state index contributed by atoms with van der Waals surface area (Å²) in [5.74, 6) is 0.827. The summed E-state index contributed by atoms with van der Waals surface area (Å²) in [5.41, 5.74) is -0.202. The van der Waals surface area contributed by atoms with Gasteiger partial charge in [0.05, 0.1) is 42.7 Å². The summed E-state index contributed by atoms with van der Waals surface area (Å²) in [5, 5.41) is 0.368. The van der Waals surface area contributed by atoms with Crippen molar-refractivity contribution in [3.63, 3.8) is 0 Å². The lowest BCUT2D eigenvalue weighted by molar-refractivity contribution is -2.00. The van der Waals surface area contributed by atoms with E-state index in [0.29, 0.717) is 5.25 Å². The van der Waals surface area contributed by atoms with Crippen LogP contribution in [0, 0.1) is 20.5 Å². The first-order valence-electron chi connectivity index (χ1n) is 9.94. The Morgan fingerprint density at radius 2 is 1.34 bits per heavy atom. The van der Waals surface area contributed by atoms with Gasteiger partial charge in [-0.15, -0.1) is 10.2 Å². The minimum Gasteiger partial charge on any atom is -0.484 e. The number of nitrogens with zero attached hydrogens (tertiary/aromatic N) is 1. The predicted octanol–water partition coefficient (Wildman–Crippen LogP) is -3.07. The molecule has 35 heavy (non-hydrogen) atoms. The molecule has 0 radical (unpaired) electrons. The number of methoxy groups -OCH3 is 1. The fourth-order valence-corrected chi connectivity index (χ4v) is 7.32. The molecule has 10 nitrogen and oxygen atoms in total. The van der Waals surface area contributed by atoms with Crippen LogP contribution in [-0.4, -0.2) is 28.5 Å². The van der Waals surface area contributed by atoms with Gasteiger partial charge in [0.1, 0.15) is 5.54 Å². The van der Waals surface area contributed by atoms with Crippen molar-refractivity contribution in [3.05, 3.63) is 48.5 Å². The van der Waals surface area contributed by atoms with Crippen molar-refractivity contribution in [1.82, 2.24) is 0 Å². The molecule has 1 aliphatic heterocycles. The van der Waals surface area contributed by atoms with E-state index in [9.17, 15) is 0 Å². The first-order valence-corrected chi connectivity index (χ1v) is 14.5. The Bertz CT molecular complexity index is 906. The van der Waals surface area contributed by atoms with Gasteiger partial charge in [-0.3, -0.25) is 0 Å². The summed E-state index contributed by atoms with van der Waals surface area (Å²) < 4.78 is 72.2. The molecule has 2 aromatic rings. The van der Waals surface area contributed by atoms with Gasteiger partial charge in [0.15, 0.2) is 20.9 Å². The van der Waals surface area contributed by atoms with Crippen LogP contribution < -0.4 is 32.6 Å². The maximum Gasteiger partial charge on any atom is 0.183 e. The molecule has 3 rings (SSSR count). The summed E-state index contributed by atoms with van der Waals surface area (Å²) in [6.45, 7) is 8.88. The Morgan fingerprint density at radius 1 is 0.971 bits per heavy atom. The molecule has 1 heterocycles. The van der Waals surface area contributed by atoms with Gasteiger partial charge >= 0.3 is 0 Å². The first-order chi connectivity index (χ1) is 16.0. The third-order valence-electron chi connectivity index (χ3n) is 4.69. The molecule has 0 saturated heterocycles. The lowest BCUT2D eigenvalue weighted by Crippen LogP contribution is -2.68. The highest BCUT2D eigenvalue weighted by molar-refractivity contribution is 8.04. The van der Waals surface area contributed by atoms with Gasteiger partial charge in [0.2, 0.25) is 0 Å². The molecule has 0 amide bonds. The topological polar surface area (TPSA) is 203 Å². The summed E-state index contributed by atoms with van der Waals surface area (Å²) >= 11 is 1.88. The summed E-state index contributed by atoms with van der Waals surface area (Å²) in [6, 6.07) is 17.6. The molecule has 0 spiro atoms. The second-order valence-electron chi connectivity index (χ2n) is 7.47. The lowest BCUT2D eigenvalue weighted by atomic mass is 10.0. The highest BCUT2D eigenvalue weighted by atomic mass is 35.7. The fraction of sp³-hybridized carbons (Fsp3) is 0.381. The third-order valence-corrected chi connectivity index (χ3v) is 9.05. The van der Waals surface area contributed by atoms with Gasteiger partial charge in [0, 0.05) is 6.42 Å². The predicted molar refractivity (Wildman–Crippen MR) is 111 cm³/mol. The van der Waals surface area contributed by atoms with Crippen LogP contribution in [0.2, 0.25) is 0 Å². The van der Waals surface area contributed by atoms with Crippen molar-refractivity contribution in [2.75, 3.05) is 7.11 Å². The number of aliphatic imine (C=N–C) groups is 1. The SMILES string of the molecule is CCC(=NC(C)(C)C(C)[S+]1c2ccccc2Sc2ccccc21)OC.[O-][Cl+3]([O-])([O-])O.[O-][Cl+3]([O-])([O-])[O-]. The number of hydrogen-bond acceptors (Lipinski definition) is 11. The average molecular weight is 572 g/mol. The molecule has 2 aromatic carbocycles. The minimum absolute atomic E-state index is 0.0126. The molecule has 14 heteroatoms. The zero-order valence-corrected chi connectivity index (χ0v) is 22.8. The highest BCUT2D eigenvalue weighted by Gasteiger charge is 2.47. The summed E-state index contributed by atoms with van der Waals surface area (Å²) in [7, 11) is -7.94. The van der Waals surface area contributed by atoms with E-state index in [2.05, 4.69) is 76.2 Å². The molecule has 1 N–H and O–H groups in total. The molecule has 0 aromatic heterocycles. The molecule has 0 aliphatic carbocycles. The van der Waals surface area contributed by atoms with Crippen molar-refractivity contribution in [1.29, 1.82) is 0 Å². The lowest BCUT2D eigenvalue weighted by Gasteiger charge is -2.30. The standard InChI is InChI=1S/C21H26NOS2.2ClHO4/c1-6-20(23-5)22-21(3,4)15(2)25-18-13-9-7-11-16(18)24-17-12-8-10-14-19(17)25;2*2-1(3,4)5/h7-15H,6H2,1-5H3;2*(H,2,3,4,5)/q+1;;/p-1. The molecule has 0 saturated carbocycles. The van der Waals surface area contributed by atoms with Crippen LogP contribution in [0.4, 0.5) is 0 Å². The second-order valence-corrected chi connectivity index (χ2v) is 12.4. The maximum atomic E-state index is 8.60. The second kappa shape index (κ2) is 13.4. The zero-order valence-electron chi connectivity index (χ0n) is 19.6. The van der Waals surface area contributed by atoms with Crippen LogP contribution >= 0.6 is 11.8 Å². The number of rotatable bonds is 4. The van der Waals surface area contributed by atoms with Crippen molar-refractivity contribution in [3.8, 4) is 0 Å². The van der Waals surface area contributed by atoms with E-state index < -0.39 is 20.5 Å². The van der Waals surface area contributed by atoms with E-state index in [-0.39, 0.29) is 16.4 Å². The van der Waals surface area contributed by atoms with E-state index >= 15 is 0 Å². The Kier molecular flexibility index (Phi) is 12.2. The van der Waals surface area contributed by atoms with Crippen LogP contribution in [-0.2, 0) is 15.6 Å². The van der Waals surface area contributed by atoms with Crippen LogP contribution in [0.1, 0.15) is 34.1 Å². The average Bonchev–Trinajstić information content (AvgIpc) is 2.73. The quantitative estimate of drug-likeness (QED) is 0.222. The largest absolute Gasteiger partial charge is 0.484 e. The molecule has 1 aliphatic rings. The number of ether oxygens (including phenoxy) is 1. The third kappa shape index (κ3) is 11.6. The van der Waals surface area contributed by atoms with Gasteiger partial charge in [-0.1, -0.05) is 43.0 Å². The molecular weight excluding hydrogens is 545 g/mol. The minimum atomic E-state index is -4.94. The normalized spacial score (nSPS) is 14.9. The first kappa shape index (κ1) is 31.9. The Balaban J connectivity index is 0.000000519. The maximum absolute atomic E-state index is 8.60. The summed E-state index contributed by atoms with van der Waals surface area (Å²) in [6.07, 6.45) is 0.823. The van der Waals surface area contributed by atoms with Gasteiger partial charge in [-0.25, -0.2) is 23.6 Å². The molecule has 1 atom stereocenters. The summed E-state index contributed by atoms with van der Waals surface area (Å²) in [4.78, 5) is 10.6. The van der Waals surface area contributed by atoms with Crippen molar-refractivity contribution >= 4 is 28.6 Å². The van der Waals surface area contributed by atoms with Gasteiger partial charge in [0.25, 0.3) is 0 Å². The van der Waals surface area contributed by atoms with Gasteiger partial charge in [-0.2, -0.15) is 14.0 Å². The number of benzene rings is 2. The number of hydrogen-bond donors (Lipinski definition) is 1. The van der Waals surface area contributed by atoms with E-state index in [1.54, 1.807) is 7.11 Å². The van der Waals surface area contributed by atoms with E-state index in [0.717, 1.165) is 12.3 Å². The van der Waals surface area contributed by atoms with Crippen LogP contribution in [0.25, 0.3) is 0 Å². The smallest absolute Gasteiger partial charge is 0.183 e. The fourth-order valence-electron chi connectivity index (χ4n) is 3.02. The monoisotopic (exact) mass is 571 g/mol. The van der Waals surface area contributed by atoms with Gasteiger partial charge in [-0.05, 0) is 45.0 Å². The van der Waals surface area contributed by atoms with E-state index in [4.69, 9.17) is 47.0 Å². The van der Waals surface area contributed by atoms with Gasteiger partial charge < -0.3 is 4.74 Å². The Morgan fingerprint density at radius 3 is 1.69 bits per heavy atom. The Labute approximate surface area is 215 Å². The van der Waals surface area contributed by atoms with Crippen LogP contribution in [0.15, 0.2) is 73.1 Å². The van der Waals surface area contributed by atoms with E-state index in [1.807, 2.05) is 11.8 Å². The Hall–Kier alpha value is -1.13. The van der Waals surface area contributed by atoms with Crippen molar-refractivity contribution in [2.24, 2.45) is 4.99 Å². The number of fused-ring (bicyclic) bond motifs is 2. The molecule has 0 fully saturated rings. The molecule has 1 unspecified atom stereocenters. The van der Waals surface area contributed by atoms with E-state index in [1.165, 1.54) is 19.6 Å². The van der Waals surface area contributed by atoms with Crippen LogP contribution in [0.3, 0.4) is 0 Å². The number of halogens is 2. The molecule has 0 bridgehead atoms. The van der Waals surface area contributed by atoms with Crippen molar-refractivity contribution in [2.45, 2.75) is 64.5 Å². The molecule has 196 valence electrons. The van der Waals surface area contributed by atoms with Crippen molar-refractivity contribution < 1.29 is 62.5 Å². The molecular formula is C21H27Cl2NO9S2. The highest BCUT2D eigenvalue weighted by Crippen LogP contribution is 2.48. The van der Waals surface area contributed by atoms with Crippen LogP contribution in [0.5, 0.6) is 0 Å². The zero-order chi connectivity index (χ0) is 27.0.